The second-order valence-corrected chi connectivity index (χ2v) is 4.81. The Bertz CT molecular complexity index is 789. The Hall–Kier alpha value is -2.20. The van der Waals surface area contributed by atoms with Gasteiger partial charge in [0, 0.05) is 5.69 Å². The Balaban J connectivity index is 2.01. The summed E-state index contributed by atoms with van der Waals surface area (Å²) in [5.74, 6) is 0.185. The zero-order chi connectivity index (χ0) is 14.1. The second-order valence-electron chi connectivity index (χ2n) is 4.40. The number of aromatic nitrogens is 2. The lowest BCUT2D eigenvalue weighted by molar-refractivity contribution is 0.628. The summed E-state index contributed by atoms with van der Waals surface area (Å²) in [5.41, 5.74) is 3.08. The van der Waals surface area contributed by atoms with Gasteiger partial charge in [-0.2, -0.15) is 0 Å². The van der Waals surface area contributed by atoms with Crippen LogP contribution in [0, 0.1) is 12.7 Å². The highest BCUT2D eigenvalue weighted by molar-refractivity contribution is 6.31. The summed E-state index contributed by atoms with van der Waals surface area (Å²) in [6, 6.07) is 12.1. The number of hydrogen-bond donors (Lipinski definition) is 1. The number of para-hydroxylation sites is 2. The van der Waals surface area contributed by atoms with Crippen LogP contribution in [-0.2, 0) is 0 Å². The molecule has 0 aliphatic carbocycles. The number of nitrogens with zero attached hydrogens (tertiary/aromatic N) is 2. The molecule has 1 N–H and O–H groups in total. The van der Waals surface area contributed by atoms with Gasteiger partial charge in [0.1, 0.15) is 5.82 Å². The summed E-state index contributed by atoms with van der Waals surface area (Å²) in [6.45, 7) is 1.87. The third-order valence-electron chi connectivity index (χ3n) is 2.93. The molecule has 0 bridgehead atoms. The van der Waals surface area contributed by atoms with Gasteiger partial charge < -0.3 is 5.32 Å². The first-order valence-electron chi connectivity index (χ1n) is 6.09. The zero-order valence-corrected chi connectivity index (χ0v) is 11.4. The molecule has 0 atom stereocenters. The molecule has 0 saturated heterocycles. The number of fused-ring (bicyclic) bond motifs is 1. The van der Waals surface area contributed by atoms with Crippen LogP contribution in [0.4, 0.5) is 15.9 Å². The third kappa shape index (κ3) is 2.42. The molecule has 0 saturated carbocycles. The Labute approximate surface area is 120 Å². The number of anilines is 2. The topological polar surface area (TPSA) is 37.8 Å². The minimum absolute atomic E-state index is 0.0707. The van der Waals surface area contributed by atoms with Crippen molar-refractivity contribution >= 4 is 34.1 Å². The van der Waals surface area contributed by atoms with Crippen molar-refractivity contribution in [1.82, 2.24) is 9.97 Å². The minimum Gasteiger partial charge on any atom is -0.339 e. The first kappa shape index (κ1) is 12.8. The lowest BCUT2D eigenvalue weighted by Crippen LogP contribution is -1.99. The van der Waals surface area contributed by atoms with Crippen LogP contribution in [0.2, 0.25) is 5.02 Å². The van der Waals surface area contributed by atoms with Crippen LogP contribution in [-0.4, -0.2) is 9.97 Å². The van der Waals surface area contributed by atoms with E-state index in [4.69, 9.17) is 11.6 Å². The number of nitrogens with one attached hydrogen (secondary N) is 1. The molecule has 0 aliphatic heterocycles. The van der Waals surface area contributed by atoms with Crippen LogP contribution in [0.3, 0.4) is 0 Å². The normalized spacial score (nSPS) is 10.8. The minimum atomic E-state index is -0.446. The van der Waals surface area contributed by atoms with Crippen molar-refractivity contribution in [3.05, 3.63) is 59.0 Å². The van der Waals surface area contributed by atoms with Gasteiger partial charge in [-0.3, -0.25) is 0 Å². The summed E-state index contributed by atoms with van der Waals surface area (Å²) in [5, 5.41) is 3.18. The average molecular weight is 288 g/mol. The van der Waals surface area contributed by atoms with Gasteiger partial charge in [-0.05, 0) is 37.3 Å². The monoisotopic (exact) mass is 287 g/mol. The van der Waals surface area contributed by atoms with Crippen molar-refractivity contribution in [2.75, 3.05) is 5.32 Å². The number of rotatable bonds is 2. The Morgan fingerprint density at radius 3 is 2.45 bits per heavy atom. The van der Waals surface area contributed by atoms with Gasteiger partial charge in [0.15, 0.2) is 5.82 Å². The molecule has 20 heavy (non-hydrogen) atoms. The largest absolute Gasteiger partial charge is 0.339 e. The molecule has 3 aromatic rings. The molecule has 0 spiro atoms. The molecular formula is C15H11ClFN3. The first-order chi connectivity index (χ1) is 9.63. The number of benzene rings is 2. The van der Waals surface area contributed by atoms with E-state index in [-0.39, 0.29) is 5.02 Å². The van der Waals surface area contributed by atoms with Gasteiger partial charge in [0.25, 0.3) is 0 Å². The maximum absolute atomic E-state index is 13.1. The fraction of sp³-hybridized carbons (Fsp3) is 0.0667. The van der Waals surface area contributed by atoms with Crippen molar-refractivity contribution in [1.29, 1.82) is 0 Å². The molecule has 5 heteroatoms. The van der Waals surface area contributed by atoms with Crippen molar-refractivity contribution in [3.63, 3.8) is 0 Å². The Kier molecular flexibility index (Phi) is 3.24. The van der Waals surface area contributed by atoms with Crippen LogP contribution < -0.4 is 5.32 Å². The van der Waals surface area contributed by atoms with Gasteiger partial charge in [-0.15, -0.1) is 0 Å². The van der Waals surface area contributed by atoms with Gasteiger partial charge in [0.2, 0.25) is 0 Å². The maximum Gasteiger partial charge on any atom is 0.152 e. The molecule has 3 nitrogen and oxygen atoms in total. The van der Waals surface area contributed by atoms with Crippen molar-refractivity contribution in [2.24, 2.45) is 0 Å². The van der Waals surface area contributed by atoms with Crippen LogP contribution in [0.1, 0.15) is 5.69 Å². The molecule has 0 fully saturated rings. The van der Waals surface area contributed by atoms with Gasteiger partial charge in [-0.25, -0.2) is 14.4 Å². The van der Waals surface area contributed by atoms with E-state index in [1.165, 1.54) is 12.1 Å². The van der Waals surface area contributed by atoms with E-state index in [9.17, 15) is 4.39 Å². The molecular weight excluding hydrogens is 277 g/mol. The lowest BCUT2D eigenvalue weighted by Gasteiger charge is -2.09. The highest BCUT2D eigenvalue weighted by Gasteiger charge is 2.06. The standard InChI is InChI=1S/C15H11ClFN3/c1-9-15(19-10-6-7-12(17)11(16)8-10)20-14-5-3-2-4-13(14)18-9/h2-8H,1H3,(H,19,20). The fourth-order valence-corrected chi connectivity index (χ4v) is 2.10. The third-order valence-corrected chi connectivity index (χ3v) is 3.22. The summed E-state index contributed by atoms with van der Waals surface area (Å²) < 4.78 is 13.1. The molecule has 0 amide bonds. The smallest absolute Gasteiger partial charge is 0.152 e. The van der Waals surface area contributed by atoms with E-state index in [2.05, 4.69) is 15.3 Å². The molecule has 100 valence electrons. The summed E-state index contributed by atoms with van der Waals surface area (Å²) >= 11 is 5.76. The number of halogens is 2. The SMILES string of the molecule is Cc1nc2ccccc2nc1Nc1ccc(F)c(Cl)c1. The molecule has 0 unspecified atom stereocenters. The maximum atomic E-state index is 13.1. The molecule has 0 aliphatic rings. The van der Waals surface area contributed by atoms with Crippen molar-refractivity contribution in [2.45, 2.75) is 6.92 Å². The molecule has 1 heterocycles. The van der Waals surface area contributed by atoms with Gasteiger partial charge >= 0.3 is 0 Å². The van der Waals surface area contributed by atoms with Gasteiger partial charge in [0.05, 0.1) is 21.7 Å². The van der Waals surface area contributed by atoms with Crippen LogP contribution >= 0.6 is 11.6 Å². The van der Waals surface area contributed by atoms with Gasteiger partial charge in [-0.1, -0.05) is 23.7 Å². The van der Waals surface area contributed by atoms with E-state index in [0.29, 0.717) is 11.5 Å². The predicted octanol–water partition coefficient (Wildman–Crippen LogP) is 4.47. The van der Waals surface area contributed by atoms with Crippen molar-refractivity contribution in [3.8, 4) is 0 Å². The van der Waals surface area contributed by atoms with E-state index >= 15 is 0 Å². The Morgan fingerprint density at radius 2 is 1.75 bits per heavy atom. The first-order valence-corrected chi connectivity index (χ1v) is 6.47. The average Bonchev–Trinajstić information content (AvgIpc) is 2.44. The predicted molar refractivity (Wildman–Crippen MR) is 79.0 cm³/mol. The summed E-state index contributed by atoms with van der Waals surface area (Å²) in [6.07, 6.45) is 0. The quantitative estimate of drug-likeness (QED) is 0.755. The molecule has 3 rings (SSSR count). The van der Waals surface area contributed by atoms with E-state index in [0.717, 1.165) is 16.7 Å². The highest BCUT2D eigenvalue weighted by Crippen LogP contribution is 2.24. The number of aryl methyl sites for hydroxylation is 1. The van der Waals surface area contributed by atoms with Crippen molar-refractivity contribution < 1.29 is 4.39 Å². The van der Waals surface area contributed by atoms with Crippen LogP contribution in [0.5, 0.6) is 0 Å². The van der Waals surface area contributed by atoms with E-state index in [1.54, 1.807) is 6.07 Å². The van der Waals surface area contributed by atoms with Crippen LogP contribution in [0.15, 0.2) is 42.5 Å². The fourth-order valence-electron chi connectivity index (χ4n) is 1.92. The Morgan fingerprint density at radius 1 is 1.05 bits per heavy atom. The molecule has 1 aromatic heterocycles. The molecule has 0 radical (unpaired) electrons. The lowest BCUT2D eigenvalue weighted by atomic mass is 10.2. The summed E-state index contributed by atoms with van der Waals surface area (Å²) in [4.78, 5) is 8.99. The van der Waals surface area contributed by atoms with E-state index in [1.807, 2.05) is 31.2 Å². The van der Waals surface area contributed by atoms with E-state index < -0.39 is 5.82 Å². The molecule has 2 aromatic carbocycles. The highest BCUT2D eigenvalue weighted by atomic mass is 35.5. The number of hydrogen-bond acceptors (Lipinski definition) is 3. The second kappa shape index (κ2) is 5.06. The zero-order valence-electron chi connectivity index (χ0n) is 10.7. The van der Waals surface area contributed by atoms with Crippen LogP contribution in [0.25, 0.3) is 11.0 Å². The summed E-state index contributed by atoms with van der Waals surface area (Å²) in [7, 11) is 0.